The summed E-state index contributed by atoms with van der Waals surface area (Å²) in [6, 6.07) is 3.05. The fourth-order valence-electron chi connectivity index (χ4n) is 1.50. The molecule has 1 aromatic heterocycles. The van der Waals surface area contributed by atoms with Crippen LogP contribution in [0.15, 0.2) is 30.6 Å². The van der Waals surface area contributed by atoms with Crippen LogP contribution in [0.4, 0.5) is 8.78 Å². The van der Waals surface area contributed by atoms with Crippen LogP contribution in [0.25, 0.3) is 11.4 Å². The van der Waals surface area contributed by atoms with E-state index in [1.807, 2.05) is 0 Å². The Morgan fingerprint density at radius 1 is 1.41 bits per heavy atom. The molecule has 0 unspecified atom stereocenters. The summed E-state index contributed by atoms with van der Waals surface area (Å²) in [7, 11) is 0. The first-order valence-electron chi connectivity index (χ1n) is 4.76. The van der Waals surface area contributed by atoms with Crippen LogP contribution in [0.3, 0.4) is 0 Å². The summed E-state index contributed by atoms with van der Waals surface area (Å²) in [5, 5.41) is 8.67. The molecule has 0 saturated heterocycles. The number of carboxylic acids is 1. The molecule has 1 aromatic carbocycles. The average Bonchev–Trinajstić information content (AvgIpc) is 2.65. The number of aromatic nitrogens is 2. The molecular formula is C11H8F2N2O2. The van der Waals surface area contributed by atoms with Gasteiger partial charge in [-0.15, -0.1) is 0 Å². The molecule has 2 rings (SSSR count). The van der Waals surface area contributed by atoms with E-state index in [1.165, 1.54) is 23.0 Å². The first-order valence-corrected chi connectivity index (χ1v) is 4.76. The van der Waals surface area contributed by atoms with E-state index in [2.05, 4.69) is 4.98 Å². The quantitative estimate of drug-likeness (QED) is 0.888. The number of carboxylic acid groups (broad SMARTS) is 1. The maximum absolute atomic E-state index is 13.5. The Hall–Kier alpha value is -2.24. The summed E-state index contributed by atoms with van der Waals surface area (Å²) in [4.78, 5) is 14.5. The summed E-state index contributed by atoms with van der Waals surface area (Å²) >= 11 is 0. The van der Waals surface area contributed by atoms with Gasteiger partial charge < -0.3 is 9.67 Å². The second-order valence-electron chi connectivity index (χ2n) is 3.40. The fraction of sp³-hybridized carbons (Fsp3) is 0.0909. The molecule has 0 spiro atoms. The van der Waals surface area contributed by atoms with Gasteiger partial charge in [-0.05, 0) is 12.1 Å². The van der Waals surface area contributed by atoms with Crippen molar-refractivity contribution in [2.75, 3.05) is 0 Å². The van der Waals surface area contributed by atoms with Gasteiger partial charge in [0.05, 0.1) is 5.56 Å². The normalized spacial score (nSPS) is 10.5. The van der Waals surface area contributed by atoms with Crippen LogP contribution in [0, 0.1) is 11.6 Å². The molecule has 1 heterocycles. The topological polar surface area (TPSA) is 55.1 Å². The third-order valence-corrected chi connectivity index (χ3v) is 2.19. The molecular weight excluding hydrogens is 230 g/mol. The number of imidazole rings is 1. The average molecular weight is 238 g/mol. The molecule has 0 radical (unpaired) electrons. The van der Waals surface area contributed by atoms with Gasteiger partial charge in [-0.3, -0.25) is 4.79 Å². The number of aliphatic carboxylic acids is 1. The predicted molar refractivity (Wildman–Crippen MR) is 55.2 cm³/mol. The molecule has 0 aliphatic carbocycles. The van der Waals surface area contributed by atoms with Crippen molar-refractivity contribution in [3.8, 4) is 11.4 Å². The SMILES string of the molecule is O=C(O)Cn1ccnc1-c1ccc(F)cc1F. The van der Waals surface area contributed by atoms with Gasteiger partial charge in [0.2, 0.25) is 0 Å². The molecule has 17 heavy (non-hydrogen) atoms. The Morgan fingerprint density at radius 2 is 2.18 bits per heavy atom. The van der Waals surface area contributed by atoms with Gasteiger partial charge in [0.1, 0.15) is 24.0 Å². The molecule has 0 amide bonds. The zero-order valence-corrected chi connectivity index (χ0v) is 8.60. The highest BCUT2D eigenvalue weighted by Crippen LogP contribution is 2.21. The van der Waals surface area contributed by atoms with Gasteiger partial charge in [-0.2, -0.15) is 0 Å². The number of halogens is 2. The molecule has 0 aliphatic rings. The van der Waals surface area contributed by atoms with Gasteiger partial charge >= 0.3 is 5.97 Å². The highest BCUT2D eigenvalue weighted by molar-refractivity contribution is 5.68. The fourth-order valence-corrected chi connectivity index (χ4v) is 1.50. The van der Waals surface area contributed by atoms with E-state index in [9.17, 15) is 13.6 Å². The van der Waals surface area contributed by atoms with E-state index < -0.39 is 17.6 Å². The number of rotatable bonds is 3. The summed E-state index contributed by atoms with van der Waals surface area (Å²) < 4.78 is 27.5. The Bertz CT molecular complexity index is 566. The Morgan fingerprint density at radius 3 is 2.82 bits per heavy atom. The van der Waals surface area contributed by atoms with Crippen molar-refractivity contribution in [1.82, 2.24) is 9.55 Å². The lowest BCUT2D eigenvalue weighted by atomic mass is 10.2. The minimum atomic E-state index is -1.06. The number of carbonyl (C=O) groups is 1. The maximum Gasteiger partial charge on any atom is 0.323 e. The van der Waals surface area contributed by atoms with Crippen molar-refractivity contribution in [2.45, 2.75) is 6.54 Å². The summed E-state index contributed by atoms with van der Waals surface area (Å²) in [6.07, 6.45) is 2.79. The summed E-state index contributed by atoms with van der Waals surface area (Å²) in [6.45, 7) is -0.327. The van der Waals surface area contributed by atoms with Crippen LogP contribution in [-0.4, -0.2) is 20.6 Å². The Balaban J connectivity index is 2.46. The van der Waals surface area contributed by atoms with Gasteiger partial charge in [0.15, 0.2) is 0 Å². The summed E-state index contributed by atoms with van der Waals surface area (Å²) in [5.74, 6) is -2.37. The zero-order valence-electron chi connectivity index (χ0n) is 8.60. The van der Waals surface area contributed by atoms with E-state index in [4.69, 9.17) is 5.11 Å². The number of benzene rings is 1. The molecule has 1 N–H and O–H groups in total. The lowest BCUT2D eigenvalue weighted by molar-refractivity contribution is -0.137. The van der Waals surface area contributed by atoms with E-state index in [-0.39, 0.29) is 17.9 Å². The highest BCUT2D eigenvalue weighted by atomic mass is 19.1. The van der Waals surface area contributed by atoms with E-state index >= 15 is 0 Å². The van der Waals surface area contributed by atoms with Gasteiger partial charge in [-0.25, -0.2) is 13.8 Å². The van der Waals surface area contributed by atoms with Crippen LogP contribution in [0.2, 0.25) is 0 Å². The number of nitrogens with zero attached hydrogens (tertiary/aromatic N) is 2. The van der Waals surface area contributed by atoms with E-state index in [1.54, 1.807) is 0 Å². The zero-order chi connectivity index (χ0) is 12.4. The van der Waals surface area contributed by atoms with E-state index in [0.717, 1.165) is 12.1 Å². The molecule has 0 atom stereocenters. The minimum Gasteiger partial charge on any atom is -0.480 e. The second kappa shape index (κ2) is 4.32. The molecule has 0 saturated carbocycles. The molecule has 6 heteroatoms. The Kier molecular flexibility index (Phi) is 2.86. The van der Waals surface area contributed by atoms with E-state index in [0.29, 0.717) is 0 Å². The van der Waals surface area contributed by atoms with Crippen LogP contribution in [0.5, 0.6) is 0 Å². The molecule has 0 bridgehead atoms. The Labute approximate surface area is 95.1 Å². The largest absolute Gasteiger partial charge is 0.480 e. The standard InChI is InChI=1S/C11H8F2N2O2/c12-7-1-2-8(9(13)5-7)11-14-3-4-15(11)6-10(16)17/h1-5H,6H2,(H,16,17). The smallest absolute Gasteiger partial charge is 0.323 e. The lowest BCUT2D eigenvalue weighted by Gasteiger charge is -2.06. The molecule has 0 fully saturated rings. The van der Waals surface area contributed by atoms with Crippen LogP contribution in [0.1, 0.15) is 0 Å². The highest BCUT2D eigenvalue weighted by Gasteiger charge is 2.13. The van der Waals surface area contributed by atoms with Crippen molar-refractivity contribution in [2.24, 2.45) is 0 Å². The predicted octanol–water partition coefficient (Wildman–Crippen LogP) is 1.91. The van der Waals surface area contributed by atoms with Crippen molar-refractivity contribution < 1.29 is 18.7 Å². The van der Waals surface area contributed by atoms with Crippen LogP contribution < -0.4 is 0 Å². The minimum absolute atomic E-state index is 0.0673. The number of hydrogen-bond acceptors (Lipinski definition) is 2. The van der Waals surface area contributed by atoms with Crippen molar-refractivity contribution in [1.29, 1.82) is 0 Å². The monoisotopic (exact) mass is 238 g/mol. The van der Waals surface area contributed by atoms with Crippen LogP contribution >= 0.6 is 0 Å². The summed E-state index contributed by atoms with van der Waals surface area (Å²) in [5.41, 5.74) is 0.0673. The van der Waals surface area contributed by atoms with Crippen molar-refractivity contribution >= 4 is 5.97 Å². The van der Waals surface area contributed by atoms with Gasteiger partial charge in [0.25, 0.3) is 0 Å². The van der Waals surface area contributed by atoms with Gasteiger partial charge in [-0.1, -0.05) is 0 Å². The number of hydrogen-bond donors (Lipinski definition) is 1. The van der Waals surface area contributed by atoms with Gasteiger partial charge in [0, 0.05) is 18.5 Å². The molecule has 4 nitrogen and oxygen atoms in total. The molecule has 88 valence electrons. The molecule has 0 aliphatic heterocycles. The third-order valence-electron chi connectivity index (χ3n) is 2.19. The second-order valence-corrected chi connectivity index (χ2v) is 3.40. The van der Waals surface area contributed by atoms with Crippen molar-refractivity contribution in [3.05, 3.63) is 42.2 Å². The lowest BCUT2D eigenvalue weighted by Crippen LogP contribution is -2.09. The molecule has 2 aromatic rings. The van der Waals surface area contributed by atoms with Crippen molar-refractivity contribution in [3.63, 3.8) is 0 Å². The first-order chi connectivity index (χ1) is 8.08. The first kappa shape index (κ1) is 11.3. The van der Waals surface area contributed by atoms with Crippen LogP contribution in [-0.2, 0) is 11.3 Å². The third kappa shape index (κ3) is 2.30. The maximum atomic E-state index is 13.5.